The van der Waals surface area contributed by atoms with E-state index < -0.39 is 10.8 Å². The molecule has 0 aromatic heterocycles. The third kappa shape index (κ3) is 5.09. The first-order valence-corrected chi connectivity index (χ1v) is 7.36. The summed E-state index contributed by atoms with van der Waals surface area (Å²) in [6.07, 6.45) is 5.16. The highest BCUT2D eigenvalue weighted by atomic mass is 32.2. The summed E-state index contributed by atoms with van der Waals surface area (Å²) in [5, 5.41) is 3.48. The van der Waals surface area contributed by atoms with Gasteiger partial charge in [0.2, 0.25) is 0 Å². The van der Waals surface area contributed by atoms with Crippen molar-refractivity contribution >= 4 is 10.8 Å². The fourth-order valence-corrected chi connectivity index (χ4v) is 2.66. The molecule has 4 heteroatoms. The molecule has 1 fully saturated rings. The zero-order valence-electron chi connectivity index (χ0n) is 9.83. The van der Waals surface area contributed by atoms with Crippen molar-refractivity contribution in [2.24, 2.45) is 0 Å². The number of rotatable bonds is 6. The topological polar surface area (TPSA) is 38.3 Å². The molecular weight excluding hydrogens is 210 g/mol. The molecule has 1 atom stereocenters. The molecule has 1 unspecified atom stereocenters. The summed E-state index contributed by atoms with van der Waals surface area (Å²) < 4.78 is 16.5. The summed E-state index contributed by atoms with van der Waals surface area (Å²) in [5.41, 5.74) is 0. The van der Waals surface area contributed by atoms with Gasteiger partial charge in [0.25, 0.3) is 0 Å². The van der Waals surface area contributed by atoms with Crippen molar-refractivity contribution in [1.29, 1.82) is 0 Å². The maximum atomic E-state index is 11.2. The van der Waals surface area contributed by atoms with Gasteiger partial charge in [0.15, 0.2) is 0 Å². The summed E-state index contributed by atoms with van der Waals surface area (Å²) in [7, 11) is 1.17. The first-order valence-electron chi connectivity index (χ1n) is 5.87. The zero-order valence-corrected chi connectivity index (χ0v) is 10.6. The van der Waals surface area contributed by atoms with Crippen molar-refractivity contribution < 1.29 is 8.95 Å². The second-order valence-corrected chi connectivity index (χ2v) is 5.96. The van der Waals surface area contributed by atoms with Crippen LogP contribution < -0.4 is 5.32 Å². The molecule has 0 amide bonds. The molecular formula is C11H23NO2S. The van der Waals surface area contributed by atoms with Crippen LogP contribution in [0.5, 0.6) is 0 Å². The van der Waals surface area contributed by atoms with Gasteiger partial charge in [0.05, 0.1) is 6.10 Å². The fourth-order valence-electron chi connectivity index (χ4n) is 2.02. The molecule has 0 heterocycles. The van der Waals surface area contributed by atoms with E-state index >= 15 is 0 Å². The monoisotopic (exact) mass is 233 g/mol. The van der Waals surface area contributed by atoms with Gasteiger partial charge in [-0.15, -0.1) is 0 Å². The van der Waals surface area contributed by atoms with Gasteiger partial charge >= 0.3 is 0 Å². The highest BCUT2D eigenvalue weighted by Gasteiger charge is 2.19. The SMILES string of the molecule is CCS(=O)CCNC1CCC(OC)CC1. The average Bonchev–Trinajstić information content (AvgIpc) is 2.29. The van der Waals surface area contributed by atoms with Gasteiger partial charge in [-0.3, -0.25) is 4.21 Å². The highest BCUT2D eigenvalue weighted by Crippen LogP contribution is 2.20. The van der Waals surface area contributed by atoms with Crippen molar-refractivity contribution in [3.8, 4) is 0 Å². The maximum absolute atomic E-state index is 11.2. The number of nitrogens with one attached hydrogen (secondary N) is 1. The molecule has 0 bridgehead atoms. The molecule has 0 aromatic carbocycles. The fraction of sp³-hybridized carbons (Fsp3) is 1.00. The number of methoxy groups -OCH3 is 1. The van der Waals surface area contributed by atoms with Crippen molar-refractivity contribution in [2.75, 3.05) is 25.2 Å². The number of ether oxygens (including phenoxy) is 1. The van der Waals surface area contributed by atoms with Crippen LogP contribution in [0.1, 0.15) is 32.6 Å². The van der Waals surface area contributed by atoms with Gasteiger partial charge < -0.3 is 10.1 Å². The van der Waals surface area contributed by atoms with Crippen LogP contribution in [0.4, 0.5) is 0 Å². The average molecular weight is 233 g/mol. The second-order valence-electron chi connectivity index (χ2n) is 4.10. The Morgan fingerprint density at radius 3 is 2.53 bits per heavy atom. The van der Waals surface area contributed by atoms with E-state index in [9.17, 15) is 4.21 Å². The molecule has 0 radical (unpaired) electrons. The Bertz CT molecular complexity index is 191. The van der Waals surface area contributed by atoms with Gasteiger partial charge in [-0.05, 0) is 25.7 Å². The predicted molar refractivity (Wildman–Crippen MR) is 64.6 cm³/mol. The van der Waals surface area contributed by atoms with Gasteiger partial charge in [0, 0.05) is 42.0 Å². The largest absolute Gasteiger partial charge is 0.381 e. The predicted octanol–water partition coefficient (Wildman–Crippen LogP) is 1.30. The number of hydrogen-bond acceptors (Lipinski definition) is 3. The Kier molecular flexibility index (Phi) is 6.45. The molecule has 0 saturated heterocycles. The molecule has 1 rings (SSSR count). The second kappa shape index (κ2) is 7.36. The summed E-state index contributed by atoms with van der Waals surface area (Å²) in [5.74, 6) is 1.57. The Morgan fingerprint density at radius 2 is 2.00 bits per heavy atom. The van der Waals surface area contributed by atoms with E-state index in [1.54, 1.807) is 7.11 Å². The van der Waals surface area contributed by atoms with Crippen molar-refractivity contribution in [2.45, 2.75) is 44.8 Å². The maximum Gasteiger partial charge on any atom is 0.0572 e. The van der Waals surface area contributed by atoms with E-state index in [0.717, 1.165) is 30.9 Å². The summed E-state index contributed by atoms with van der Waals surface area (Å²) in [4.78, 5) is 0. The summed E-state index contributed by atoms with van der Waals surface area (Å²) in [6, 6.07) is 0.616. The highest BCUT2D eigenvalue weighted by molar-refractivity contribution is 7.84. The van der Waals surface area contributed by atoms with E-state index in [4.69, 9.17) is 4.74 Å². The molecule has 1 saturated carbocycles. The van der Waals surface area contributed by atoms with E-state index in [1.165, 1.54) is 12.8 Å². The van der Waals surface area contributed by atoms with Crippen LogP contribution in [-0.4, -0.2) is 41.5 Å². The molecule has 90 valence electrons. The lowest BCUT2D eigenvalue weighted by atomic mass is 9.93. The molecule has 1 N–H and O–H groups in total. The van der Waals surface area contributed by atoms with Gasteiger partial charge in [0.1, 0.15) is 0 Å². The lowest BCUT2D eigenvalue weighted by Crippen LogP contribution is -2.37. The molecule has 15 heavy (non-hydrogen) atoms. The molecule has 1 aliphatic rings. The molecule has 3 nitrogen and oxygen atoms in total. The Labute approximate surface area is 95.4 Å². The molecule has 0 aliphatic heterocycles. The van der Waals surface area contributed by atoms with Crippen LogP contribution in [0.2, 0.25) is 0 Å². The van der Waals surface area contributed by atoms with Crippen LogP contribution in [0, 0.1) is 0 Å². The first kappa shape index (κ1) is 13.1. The van der Waals surface area contributed by atoms with E-state index in [-0.39, 0.29) is 0 Å². The Morgan fingerprint density at radius 1 is 1.33 bits per heavy atom. The minimum absolute atomic E-state index is 0.466. The van der Waals surface area contributed by atoms with Crippen molar-refractivity contribution in [3.63, 3.8) is 0 Å². The normalized spacial score (nSPS) is 28.9. The van der Waals surface area contributed by atoms with Crippen molar-refractivity contribution in [1.82, 2.24) is 5.32 Å². The molecule has 0 spiro atoms. The van der Waals surface area contributed by atoms with Crippen LogP contribution >= 0.6 is 0 Å². The lowest BCUT2D eigenvalue weighted by Gasteiger charge is -2.28. The molecule has 1 aliphatic carbocycles. The lowest BCUT2D eigenvalue weighted by molar-refractivity contribution is 0.0628. The smallest absolute Gasteiger partial charge is 0.0572 e. The quantitative estimate of drug-likeness (QED) is 0.751. The Balaban J connectivity index is 2.06. The number of hydrogen-bond donors (Lipinski definition) is 1. The van der Waals surface area contributed by atoms with Crippen LogP contribution in [0.25, 0.3) is 0 Å². The van der Waals surface area contributed by atoms with E-state index in [0.29, 0.717) is 12.1 Å². The van der Waals surface area contributed by atoms with Crippen molar-refractivity contribution in [3.05, 3.63) is 0 Å². The van der Waals surface area contributed by atoms with E-state index in [1.807, 2.05) is 6.92 Å². The van der Waals surface area contributed by atoms with E-state index in [2.05, 4.69) is 5.32 Å². The minimum atomic E-state index is -0.627. The van der Waals surface area contributed by atoms with Gasteiger partial charge in [-0.25, -0.2) is 0 Å². The first-order chi connectivity index (χ1) is 7.26. The van der Waals surface area contributed by atoms with Crippen LogP contribution in [0.3, 0.4) is 0 Å². The minimum Gasteiger partial charge on any atom is -0.381 e. The van der Waals surface area contributed by atoms with Gasteiger partial charge in [-0.2, -0.15) is 0 Å². The Hall–Kier alpha value is 0.0700. The third-order valence-corrected chi connectivity index (χ3v) is 4.40. The molecule has 0 aromatic rings. The standard InChI is InChI=1S/C11H23NO2S/c1-3-15(13)9-8-12-10-4-6-11(14-2)7-5-10/h10-12H,3-9H2,1-2H3. The zero-order chi connectivity index (χ0) is 11.1. The summed E-state index contributed by atoms with van der Waals surface area (Å²) in [6.45, 7) is 2.86. The summed E-state index contributed by atoms with van der Waals surface area (Å²) >= 11 is 0. The van der Waals surface area contributed by atoms with Gasteiger partial charge in [-0.1, -0.05) is 6.92 Å². The third-order valence-electron chi connectivity index (χ3n) is 3.09. The van der Waals surface area contributed by atoms with Crippen LogP contribution in [0.15, 0.2) is 0 Å². The van der Waals surface area contributed by atoms with Crippen LogP contribution in [-0.2, 0) is 15.5 Å².